The van der Waals surface area contributed by atoms with E-state index in [1.54, 1.807) is 45.0 Å². The van der Waals surface area contributed by atoms with Crippen molar-refractivity contribution in [3.63, 3.8) is 0 Å². The molecule has 0 heterocycles. The largest absolute Gasteiger partial charge is 0.475 e. The Bertz CT molecular complexity index is 1050. The van der Waals surface area contributed by atoms with Crippen molar-refractivity contribution in [2.75, 3.05) is 0 Å². The second-order valence-electron chi connectivity index (χ2n) is 9.66. The van der Waals surface area contributed by atoms with Gasteiger partial charge < -0.3 is 30.7 Å². The summed E-state index contributed by atoms with van der Waals surface area (Å²) in [4.78, 5) is 39.2. The maximum absolute atomic E-state index is 13.4. The molecule has 0 saturated heterocycles. The third kappa shape index (κ3) is 10.0. The summed E-state index contributed by atoms with van der Waals surface area (Å²) in [6, 6.07) is 14.0. The molecule has 9 nitrogen and oxygen atoms in total. The summed E-state index contributed by atoms with van der Waals surface area (Å²) in [6.07, 6.45) is -0.118. The van der Waals surface area contributed by atoms with Gasteiger partial charge in [0, 0.05) is 11.4 Å². The molecule has 11 heteroatoms. The monoisotopic (exact) mass is 545 g/mol. The summed E-state index contributed by atoms with van der Waals surface area (Å²) in [6.45, 7) is 7.19. The normalized spacial score (nSPS) is 14.1. The van der Waals surface area contributed by atoms with E-state index < -0.39 is 43.1 Å². The number of hydrogen-bond acceptors (Lipinski definition) is 6. The Morgan fingerprint density at radius 2 is 1.58 bits per heavy atom. The van der Waals surface area contributed by atoms with Gasteiger partial charge in [-0.15, -0.1) is 0 Å². The van der Waals surface area contributed by atoms with Crippen molar-refractivity contribution >= 4 is 36.6 Å². The van der Waals surface area contributed by atoms with Crippen molar-refractivity contribution in [2.45, 2.75) is 65.2 Å². The fraction of sp³-hybridized carbons (Fsp3) is 0.444. The van der Waals surface area contributed by atoms with Crippen LogP contribution in [0.25, 0.3) is 0 Å². The van der Waals surface area contributed by atoms with Gasteiger partial charge in [0.2, 0.25) is 11.8 Å². The van der Waals surface area contributed by atoms with E-state index >= 15 is 0 Å². The number of halogens is 1. The third-order valence-corrected chi connectivity index (χ3v) is 6.53. The third-order valence-electron chi connectivity index (χ3n) is 6.29. The first-order valence-corrected chi connectivity index (χ1v) is 13.1. The molecule has 0 aliphatic rings. The lowest BCUT2D eigenvalue weighted by atomic mass is 9.72. The van der Waals surface area contributed by atoms with Gasteiger partial charge in [0.25, 0.3) is 0 Å². The number of carbonyl (C=O) groups excluding carboxylic acids is 3. The van der Waals surface area contributed by atoms with E-state index in [2.05, 4.69) is 16.0 Å². The molecule has 0 aliphatic heterocycles. The first kappa shape index (κ1) is 31.1. The molecular weight excluding hydrogens is 509 g/mol. The first-order chi connectivity index (χ1) is 18.0. The molecule has 0 fully saturated rings. The Morgan fingerprint density at radius 1 is 0.921 bits per heavy atom. The second kappa shape index (κ2) is 15.4. The highest BCUT2D eigenvalue weighted by Gasteiger charge is 2.34. The maximum Gasteiger partial charge on any atom is 0.475 e. The molecule has 0 bridgehead atoms. The van der Waals surface area contributed by atoms with Gasteiger partial charge in [0.15, 0.2) is 0 Å². The van der Waals surface area contributed by atoms with Gasteiger partial charge in [-0.3, -0.25) is 9.59 Å². The number of carbonyl (C=O) groups is 3. The fourth-order valence-electron chi connectivity index (χ4n) is 3.81. The molecule has 0 saturated carbocycles. The zero-order valence-electron chi connectivity index (χ0n) is 22.2. The molecule has 2 aromatic carbocycles. The van der Waals surface area contributed by atoms with Crippen LogP contribution in [0.2, 0.25) is 5.02 Å². The number of ether oxygens (including phenoxy) is 1. The molecule has 0 aromatic heterocycles. The molecule has 3 amide bonds. The van der Waals surface area contributed by atoms with Gasteiger partial charge in [-0.1, -0.05) is 88.2 Å². The molecule has 0 radical (unpaired) electrons. The van der Waals surface area contributed by atoms with Crippen molar-refractivity contribution in [3.8, 4) is 0 Å². The van der Waals surface area contributed by atoms with E-state index in [0.717, 1.165) is 5.56 Å². The predicted molar refractivity (Wildman–Crippen MR) is 147 cm³/mol. The van der Waals surface area contributed by atoms with E-state index in [1.165, 1.54) is 0 Å². The standard InChI is InChI=1S/C27H37BClN3O6/c1-5-18(4)23(26(34)32-24(17(2)3)28(36)37)31-25(33)22(15-20-12-9-13-21(29)14-20)30-27(35)38-16-19-10-7-6-8-11-19/h6-14,17-18,22-24,36-37H,5,15-16H2,1-4H3,(H,30,35)(H,31,33)(H,32,34)/t18?,22-,23-,24-/m0/s1. The van der Waals surface area contributed by atoms with Crippen LogP contribution in [-0.4, -0.2) is 53.1 Å². The Kier molecular flexibility index (Phi) is 12.6. The average Bonchev–Trinajstić information content (AvgIpc) is 2.88. The highest BCUT2D eigenvalue weighted by Crippen LogP contribution is 2.15. The van der Waals surface area contributed by atoms with Crippen molar-refractivity contribution in [1.29, 1.82) is 0 Å². The molecule has 38 heavy (non-hydrogen) atoms. The Hall–Kier alpha value is -3.08. The minimum Gasteiger partial charge on any atom is -0.445 e. The van der Waals surface area contributed by atoms with Crippen molar-refractivity contribution in [1.82, 2.24) is 16.0 Å². The van der Waals surface area contributed by atoms with E-state index in [0.29, 0.717) is 17.0 Å². The lowest BCUT2D eigenvalue weighted by Gasteiger charge is -2.29. The SMILES string of the molecule is CCC(C)[C@H](NC(=O)[C@H](Cc1cccc(Cl)c1)NC(=O)OCc1ccccc1)C(=O)N[C@H](B(O)O)C(C)C. The van der Waals surface area contributed by atoms with Crippen LogP contribution < -0.4 is 16.0 Å². The number of nitrogens with one attached hydrogen (secondary N) is 3. The number of rotatable bonds is 13. The summed E-state index contributed by atoms with van der Waals surface area (Å²) >= 11 is 6.11. The minimum atomic E-state index is -1.76. The van der Waals surface area contributed by atoms with Crippen LogP contribution in [0, 0.1) is 11.8 Å². The number of benzene rings is 2. The Balaban J connectivity index is 2.20. The fourth-order valence-corrected chi connectivity index (χ4v) is 4.02. The average molecular weight is 546 g/mol. The van der Waals surface area contributed by atoms with Gasteiger partial charge in [0.05, 0.1) is 5.94 Å². The van der Waals surface area contributed by atoms with Gasteiger partial charge in [-0.25, -0.2) is 4.79 Å². The molecule has 5 N–H and O–H groups in total. The van der Waals surface area contributed by atoms with Crippen molar-refractivity contribution < 1.29 is 29.2 Å². The van der Waals surface area contributed by atoms with E-state index in [1.807, 2.05) is 37.3 Å². The van der Waals surface area contributed by atoms with Crippen LogP contribution in [0.1, 0.15) is 45.2 Å². The van der Waals surface area contributed by atoms with E-state index in [4.69, 9.17) is 16.3 Å². The number of hydrogen-bond donors (Lipinski definition) is 5. The maximum atomic E-state index is 13.4. The Labute approximate surface area is 229 Å². The smallest absolute Gasteiger partial charge is 0.445 e. The molecule has 0 spiro atoms. The minimum absolute atomic E-state index is 0.0240. The van der Waals surface area contributed by atoms with Crippen molar-refractivity contribution in [2.24, 2.45) is 11.8 Å². The first-order valence-electron chi connectivity index (χ1n) is 12.7. The molecule has 0 aliphatic carbocycles. The molecule has 1 unspecified atom stereocenters. The van der Waals surface area contributed by atoms with E-state index in [-0.39, 0.29) is 24.9 Å². The summed E-state index contributed by atoms with van der Waals surface area (Å²) in [5.41, 5.74) is 1.49. The van der Waals surface area contributed by atoms with Crippen LogP contribution in [0.15, 0.2) is 54.6 Å². The van der Waals surface area contributed by atoms with Crippen LogP contribution in [0.4, 0.5) is 4.79 Å². The second-order valence-corrected chi connectivity index (χ2v) is 10.1. The molecule has 2 rings (SSSR count). The number of amides is 3. The van der Waals surface area contributed by atoms with Gasteiger partial charge in [0.1, 0.15) is 18.7 Å². The molecule has 206 valence electrons. The number of alkyl carbamates (subject to hydrolysis) is 1. The van der Waals surface area contributed by atoms with Gasteiger partial charge in [-0.05, 0) is 35.1 Å². The van der Waals surface area contributed by atoms with Crippen LogP contribution >= 0.6 is 11.6 Å². The summed E-state index contributed by atoms with van der Waals surface area (Å²) < 4.78 is 5.31. The van der Waals surface area contributed by atoms with Crippen LogP contribution in [0.5, 0.6) is 0 Å². The van der Waals surface area contributed by atoms with Crippen molar-refractivity contribution in [3.05, 3.63) is 70.7 Å². The lowest BCUT2D eigenvalue weighted by Crippen LogP contribution is -2.59. The highest BCUT2D eigenvalue weighted by molar-refractivity contribution is 6.43. The predicted octanol–water partition coefficient (Wildman–Crippen LogP) is 2.86. The molecule has 2 aromatic rings. The highest BCUT2D eigenvalue weighted by atomic mass is 35.5. The lowest BCUT2D eigenvalue weighted by molar-refractivity contribution is -0.131. The summed E-state index contributed by atoms with van der Waals surface area (Å²) in [7, 11) is -1.76. The van der Waals surface area contributed by atoms with E-state index in [9.17, 15) is 24.4 Å². The summed E-state index contributed by atoms with van der Waals surface area (Å²) in [5, 5.41) is 27.8. The molecular formula is C27H37BClN3O6. The quantitative estimate of drug-likeness (QED) is 0.246. The molecule has 4 atom stereocenters. The van der Waals surface area contributed by atoms with Gasteiger partial charge >= 0.3 is 13.2 Å². The van der Waals surface area contributed by atoms with Crippen LogP contribution in [-0.2, 0) is 27.4 Å². The zero-order valence-corrected chi connectivity index (χ0v) is 22.9. The Morgan fingerprint density at radius 3 is 2.16 bits per heavy atom. The van der Waals surface area contributed by atoms with Gasteiger partial charge in [-0.2, -0.15) is 0 Å². The topological polar surface area (TPSA) is 137 Å². The zero-order chi connectivity index (χ0) is 28.2. The summed E-state index contributed by atoms with van der Waals surface area (Å²) in [5.74, 6) is -2.59. The van der Waals surface area contributed by atoms with Crippen LogP contribution in [0.3, 0.4) is 0 Å².